The minimum absolute atomic E-state index is 0.462. The number of nitrogens with zero attached hydrogens (tertiary/aromatic N) is 4. The van der Waals surface area contributed by atoms with Crippen molar-refractivity contribution < 1.29 is 9.90 Å². The van der Waals surface area contributed by atoms with Crippen LogP contribution in [-0.4, -0.2) is 61.6 Å². The van der Waals surface area contributed by atoms with Crippen LogP contribution in [0.1, 0.15) is 24.5 Å². The highest BCUT2D eigenvalue weighted by molar-refractivity contribution is 5.74. The van der Waals surface area contributed by atoms with E-state index in [-0.39, 0.29) is 0 Å². The van der Waals surface area contributed by atoms with E-state index >= 15 is 0 Å². The van der Waals surface area contributed by atoms with Crippen LogP contribution in [0.4, 0.5) is 4.79 Å². The predicted molar refractivity (Wildman–Crippen MR) is 89.3 cm³/mol. The van der Waals surface area contributed by atoms with E-state index in [4.69, 9.17) is 5.11 Å². The number of likely N-dealkylation sites (tertiary alicyclic amines) is 1. The summed E-state index contributed by atoms with van der Waals surface area (Å²) in [7, 11) is 0. The average molecular weight is 328 g/mol. The molecule has 0 aliphatic carbocycles. The minimum Gasteiger partial charge on any atom is -0.465 e. The van der Waals surface area contributed by atoms with Gasteiger partial charge in [0.25, 0.3) is 0 Å². The number of H-pyrrole nitrogens is 1. The molecule has 8 heteroatoms. The molecule has 1 aliphatic rings. The molecule has 1 aliphatic heterocycles. The summed E-state index contributed by atoms with van der Waals surface area (Å²) >= 11 is 0. The van der Waals surface area contributed by atoms with Crippen LogP contribution in [0.5, 0.6) is 0 Å². The predicted octanol–water partition coefficient (Wildman–Crippen LogP) is 1.66. The van der Waals surface area contributed by atoms with E-state index in [0.29, 0.717) is 12.5 Å². The van der Waals surface area contributed by atoms with Gasteiger partial charge in [-0.05, 0) is 32.0 Å². The topological polar surface area (TPSA) is 98.6 Å². The number of rotatable bonds is 4. The van der Waals surface area contributed by atoms with Crippen LogP contribution in [0.25, 0.3) is 16.8 Å². The quantitative estimate of drug-likeness (QED) is 0.676. The highest BCUT2D eigenvalue weighted by Crippen LogP contribution is 2.29. The Morgan fingerprint density at radius 1 is 1.33 bits per heavy atom. The molecule has 8 nitrogen and oxygen atoms in total. The number of imidazole rings is 1. The number of carboxylic acid groups (broad SMARTS) is 1. The van der Waals surface area contributed by atoms with Gasteiger partial charge >= 0.3 is 6.09 Å². The van der Waals surface area contributed by atoms with E-state index in [2.05, 4.69) is 29.6 Å². The lowest BCUT2D eigenvalue weighted by Crippen LogP contribution is -2.39. The summed E-state index contributed by atoms with van der Waals surface area (Å²) < 4.78 is 2.20. The molecule has 3 aromatic heterocycles. The van der Waals surface area contributed by atoms with Crippen molar-refractivity contribution in [3.8, 4) is 0 Å². The molecule has 0 atom stereocenters. The molecular weight excluding hydrogens is 308 g/mol. The minimum atomic E-state index is -0.959. The smallest absolute Gasteiger partial charge is 0.404 e. The molecule has 24 heavy (non-hydrogen) atoms. The molecule has 0 saturated carbocycles. The van der Waals surface area contributed by atoms with E-state index < -0.39 is 6.09 Å². The lowest BCUT2D eigenvalue weighted by atomic mass is 9.94. The van der Waals surface area contributed by atoms with Crippen molar-refractivity contribution in [2.45, 2.75) is 18.8 Å². The summed E-state index contributed by atoms with van der Waals surface area (Å²) in [6.45, 7) is 3.19. The molecule has 1 amide bonds. The van der Waals surface area contributed by atoms with Gasteiger partial charge in [0.05, 0.1) is 11.7 Å². The number of nitrogens with one attached hydrogen (secondary N) is 2. The number of carbonyl (C=O) groups is 1. The molecule has 1 saturated heterocycles. The van der Waals surface area contributed by atoms with E-state index in [9.17, 15) is 4.79 Å². The van der Waals surface area contributed by atoms with Gasteiger partial charge in [0.2, 0.25) is 0 Å². The van der Waals surface area contributed by atoms with E-state index in [1.807, 2.05) is 18.5 Å². The summed E-state index contributed by atoms with van der Waals surface area (Å²) in [4.78, 5) is 24.9. The van der Waals surface area contributed by atoms with Crippen molar-refractivity contribution in [3.05, 3.63) is 30.4 Å². The number of amides is 1. The second kappa shape index (κ2) is 6.12. The van der Waals surface area contributed by atoms with E-state index in [1.54, 1.807) is 6.20 Å². The third-order valence-corrected chi connectivity index (χ3v) is 4.78. The fourth-order valence-electron chi connectivity index (χ4n) is 3.55. The number of aromatic nitrogens is 4. The van der Waals surface area contributed by atoms with Gasteiger partial charge in [-0.3, -0.25) is 4.40 Å². The Hall–Kier alpha value is -2.61. The van der Waals surface area contributed by atoms with Crippen molar-refractivity contribution in [1.29, 1.82) is 0 Å². The Morgan fingerprint density at radius 2 is 2.17 bits per heavy atom. The number of hydrogen-bond acceptors (Lipinski definition) is 4. The van der Waals surface area contributed by atoms with Crippen LogP contribution in [-0.2, 0) is 0 Å². The van der Waals surface area contributed by atoms with E-state index in [0.717, 1.165) is 49.3 Å². The van der Waals surface area contributed by atoms with Crippen LogP contribution in [0, 0.1) is 0 Å². The Balaban J connectivity index is 1.49. The SMILES string of the molecule is O=C(O)NCCN1CCC(c2cnc3cnc4[nH]ccc4n23)CC1. The van der Waals surface area contributed by atoms with Gasteiger partial charge in [0, 0.05) is 37.1 Å². The standard InChI is InChI=1S/C16H20N6O2/c23-16(24)18-5-8-21-6-2-11(3-7-21)13-9-19-14-10-20-15-12(22(13)14)1-4-17-15/h1,4,9-11,17-18H,2-3,5-8H2,(H,23,24). The Kier molecular flexibility index (Phi) is 3.81. The number of piperidine rings is 1. The largest absolute Gasteiger partial charge is 0.465 e. The van der Waals surface area contributed by atoms with Gasteiger partial charge in [-0.2, -0.15) is 0 Å². The Labute approximate surface area is 138 Å². The second-order valence-electron chi connectivity index (χ2n) is 6.19. The molecule has 4 heterocycles. The molecule has 0 spiro atoms. The highest BCUT2D eigenvalue weighted by atomic mass is 16.4. The summed E-state index contributed by atoms with van der Waals surface area (Å²) in [6, 6.07) is 2.03. The first-order chi connectivity index (χ1) is 11.7. The van der Waals surface area contributed by atoms with Crippen LogP contribution in [0.2, 0.25) is 0 Å². The molecule has 126 valence electrons. The zero-order valence-corrected chi connectivity index (χ0v) is 13.3. The molecular formula is C16H20N6O2. The van der Waals surface area contributed by atoms with Gasteiger partial charge in [-0.1, -0.05) is 0 Å². The molecule has 0 unspecified atom stereocenters. The molecule has 3 N–H and O–H groups in total. The number of hydrogen-bond donors (Lipinski definition) is 3. The fraction of sp³-hybridized carbons (Fsp3) is 0.438. The maximum Gasteiger partial charge on any atom is 0.404 e. The summed E-state index contributed by atoms with van der Waals surface area (Å²) in [6.07, 6.45) is 6.81. The van der Waals surface area contributed by atoms with E-state index in [1.165, 1.54) is 5.69 Å². The number of fused-ring (bicyclic) bond motifs is 3. The molecule has 0 radical (unpaired) electrons. The van der Waals surface area contributed by atoms with Crippen molar-refractivity contribution in [2.75, 3.05) is 26.2 Å². The third kappa shape index (κ3) is 2.69. The zero-order valence-electron chi connectivity index (χ0n) is 13.3. The molecule has 0 aromatic carbocycles. The maximum absolute atomic E-state index is 10.5. The molecule has 4 rings (SSSR count). The molecule has 1 fully saturated rings. The van der Waals surface area contributed by atoms with Crippen LogP contribution < -0.4 is 5.32 Å². The van der Waals surface area contributed by atoms with Gasteiger partial charge in [0.1, 0.15) is 0 Å². The highest BCUT2D eigenvalue weighted by Gasteiger charge is 2.23. The lowest BCUT2D eigenvalue weighted by Gasteiger charge is -2.31. The Morgan fingerprint density at radius 3 is 2.96 bits per heavy atom. The zero-order chi connectivity index (χ0) is 16.5. The normalized spacial score (nSPS) is 16.8. The van der Waals surface area contributed by atoms with Gasteiger partial charge in [0.15, 0.2) is 11.3 Å². The van der Waals surface area contributed by atoms with Crippen molar-refractivity contribution in [2.24, 2.45) is 0 Å². The maximum atomic E-state index is 10.5. The van der Waals surface area contributed by atoms with Gasteiger partial charge < -0.3 is 20.3 Å². The monoisotopic (exact) mass is 328 g/mol. The van der Waals surface area contributed by atoms with Crippen molar-refractivity contribution >= 4 is 22.9 Å². The first kappa shape index (κ1) is 14.9. The summed E-state index contributed by atoms with van der Waals surface area (Å²) in [5.74, 6) is 0.462. The van der Waals surface area contributed by atoms with Crippen LogP contribution in [0.15, 0.2) is 24.7 Å². The Bertz CT molecular complexity index is 862. The van der Waals surface area contributed by atoms with Crippen LogP contribution in [0.3, 0.4) is 0 Å². The lowest BCUT2D eigenvalue weighted by molar-refractivity contribution is 0.184. The number of aromatic amines is 1. The van der Waals surface area contributed by atoms with Gasteiger partial charge in [-0.25, -0.2) is 14.8 Å². The first-order valence-electron chi connectivity index (χ1n) is 8.21. The third-order valence-electron chi connectivity index (χ3n) is 4.78. The summed E-state index contributed by atoms with van der Waals surface area (Å²) in [5, 5.41) is 11.1. The average Bonchev–Trinajstić information content (AvgIpc) is 3.21. The van der Waals surface area contributed by atoms with Crippen LogP contribution >= 0.6 is 0 Å². The van der Waals surface area contributed by atoms with Gasteiger partial charge in [-0.15, -0.1) is 0 Å². The summed E-state index contributed by atoms with van der Waals surface area (Å²) in [5.41, 5.74) is 4.05. The van der Waals surface area contributed by atoms with Crippen molar-refractivity contribution in [1.82, 2.24) is 29.6 Å². The second-order valence-corrected chi connectivity index (χ2v) is 6.19. The fourth-order valence-corrected chi connectivity index (χ4v) is 3.55. The first-order valence-corrected chi connectivity index (χ1v) is 8.21. The van der Waals surface area contributed by atoms with Crippen molar-refractivity contribution in [3.63, 3.8) is 0 Å². The molecule has 3 aromatic rings. The molecule has 0 bridgehead atoms.